The molecule has 0 saturated carbocycles. The minimum absolute atomic E-state index is 0.224. The first-order valence-corrected chi connectivity index (χ1v) is 6.34. The molecule has 5 nitrogen and oxygen atoms in total. The van der Waals surface area contributed by atoms with Crippen molar-refractivity contribution in [3.63, 3.8) is 0 Å². The van der Waals surface area contributed by atoms with Gasteiger partial charge in [-0.25, -0.2) is 4.79 Å². The lowest BCUT2D eigenvalue weighted by Gasteiger charge is -2.14. The second-order valence-corrected chi connectivity index (χ2v) is 4.36. The number of carbonyl (C=O) groups excluding carboxylic acids is 1. The van der Waals surface area contributed by atoms with Gasteiger partial charge in [0.25, 0.3) is 0 Å². The van der Waals surface area contributed by atoms with Crippen LogP contribution in [-0.4, -0.2) is 36.6 Å². The van der Waals surface area contributed by atoms with Crippen molar-refractivity contribution in [1.82, 2.24) is 10.6 Å². The Morgan fingerprint density at radius 1 is 1.26 bits per heavy atom. The third-order valence-corrected chi connectivity index (χ3v) is 2.75. The van der Waals surface area contributed by atoms with Crippen LogP contribution in [0.4, 0.5) is 0 Å². The number of aliphatic carboxylic acids is 1. The number of benzene rings is 1. The molecule has 0 radical (unpaired) electrons. The van der Waals surface area contributed by atoms with Gasteiger partial charge in [-0.2, -0.15) is 0 Å². The van der Waals surface area contributed by atoms with Crippen LogP contribution in [0.15, 0.2) is 30.3 Å². The van der Waals surface area contributed by atoms with Crippen LogP contribution in [-0.2, 0) is 16.0 Å². The predicted octanol–water partition coefficient (Wildman–Crippen LogP) is 0.798. The SMILES string of the molecule is CNCCCC(=O)NC(Cc1ccccc1)C(=O)O. The van der Waals surface area contributed by atoms with E-state index in [-0.39, 0.29) is 5.91 Å². The summed E-state index contributed by atoms with van der Waals surface area (Å²) in [5.41, 5.74) is 0.894. The van der Waals surface area contributed by atoms with E-state index in [9.17, 15) is 9.59 Å². The quantitative estimate of drug-likeness (QED) is 0.607. The zero-order valence-corrected chi connectivity index (χ0v) is 11.1. The summed E-state index contributed by atoms with van der Waals surface area (Å²) in [5, 5.41) is 14.6. The van der Waals surface area contributed by atoms with Crippen molar-refractivity contribution >= 4 is 11.9 Å². The van der Waals surface area contributed by atoms with E-state index >= 15 is 0 Å². The molecule has 0 aliphatic rings. The van der Waals surface area contributed by atoms with Crippen LogP contribution in [0.1, 0.15) is 18.4 Å². The van der Waals surface area contributed by atoms with E-state index in [0.717, 1.165) is 12.1 Å². The third kappa shape index (κ3) is 6.01. The smallest absolute Gasteiger partial charge is 0.326 e. The summed E-state index contributed by atoms with van der Waals surface area (Å²) >= 11 is 0. The summed E-state index contributed by atoms with van der Waals surface area (Å²) in [6.45, 7) is 0.740. The lowest BCUT2D eigenvalue weighted by Crippen LogP contribution is -2.42. The van der Waals surface area contributed by atoms with Crippen LogP contribution in [0.5, 0.6) is 0 Å². The van der Waals surface area contributed by atoms with Crippen LogP contribution in [0.2, 0.25) is 0 Å². The highest BCUT2D eigenvalue weighted by Gasteiger charge is 2.19. The molecule has 1 amide bonds. The largest absolute Gasteiger partial charge is 0.480 e. The molecule has 0 aromatic heterocycles. The maximum absolute atomic E-state index is 11.6. The summed E-state index contributed by atoms with van der Waals surface area (Å²) in [5.74, 6) is -1.23. The second kappa shape index (κ2) is 8.26. The molecule has 0 spiro atoms. The van der Waals surface area contributed by atoms with Crippen molar-refractivity contribution < 1.29 is 14.7 Å². The van der Waals surface area contributed by atoms with Crippen LogP contribution >= 0.6 is 0 Å². The van der Waals surface area contributed by atoms with Gasteiger partial charge in [-0.1, -0.05) is 30.3 Å². The van der Waals surface area contributed by atoms with Crippen LogP contribution in [0.3, 0.4) is 0 Å². The number of carbonyl (C=O) groups is 2. The fourth-order valence-corrected chi connectivity index (χ4v) is 1.74. The molecule has 19 heavy (non-hydrogen) atoms. The minimum Gasteiger partial charge on any atom is -0.480 e. The Labute approximate surface area is 113 Å². The van der Waals surface area contributed by atoms with Crippen molar-refractivity contribution in [2.45, 2.75) is 25.3 Å². The van der Waals surface area contributed by atoms with Crippen molar-refractivity contribution in [2.75, 3.05) is 13.6 Å². The van der Waals surface area contributed by atoms with E-state index in [0.29, 0.717) is 19.3 Å². The summed E-state index contributed by atoms with van der Waals surface area (Å²) in [7, 11) is 1.81. The van der Waals surface area contributed by atoms with E-state index in [1.165, 1.54) is 0 Å². The maximum atomic E-state index is 11.6. The number of nitrogens with one attached hydrogen (secondary N) is 2. The summed E-state index contributed by atoms with van der Waals surface area (Å²) in [6, 6.07) is 8.40. The Morgan fingerprint density at radius 3 is 2.53 bits per heavy atom. The van der Waals surface area contributed by atoms with Gasteiger partial charge in [0.1, 0.15) is 6.04 Å². The molecule has 0 aliphatic heterocycles. The number of hydrogen-bond donors (Lipinski definition) is 3. The predicted molar refractivity (Wildman–Crippen MR) is 72.9 cm³/mol. The molecule has 1 atom stereocenters. The molecule has 1 unspecified atom stereocenters. The number of carboxylic acids is 1. The van der Waals surface area contributed by atoms with Gasteiger partial charge >= 0.3 is 5.97 Å². The summed E-state index contributed by atoms with van der Waals surface area (Å²) in [6.07, 6.45) is 1.33. The van der Waals surface area contributed by atoms with E-state index < -0.39 is 12.0 Å². The van der Waals surface area contributed by atoms with Crippen LogP contribution in [0, 0.1) is 0 Å². The molecule has 1 aromatic carbocycles. The second-order valence-electron chi connectivity index (χ2n) is 4.36. The van der Waals surface area contributed by atoms with Crippen LogP contribution < -0.4 is 10.6 Å². The minimum atomic E-state index is -1.01. The molecule has 0 aliphatic carbocycles. The van der Waals surface area contributed by atoms with Gasteiger partial charge in [-0.05, 0) is 25.6 Å². The fraction of sp³-hybridized carbons (Fsp3) is 0.429. The first-order chi connectivity index (χ1) is 9.13. The Kier molecular flexibility index (Phi) is 6.60. The van der Waals surface area contributed by atoms with Gasteiger partial charge in [0, 0.05) is 12.8 Å². The van der Waals surface area contributed by atoms with Gasteiger partial charge < -0.3 is 15.7 Å². The van der Waals surface area contributed by atoms with Crippen molar-refractivity contribution in [2.24, 2.45) is 0 Å². The Bertz CT molecular complexity index is 406. The molecule has 0 saturated heterocycles. The molecule has 5 heteroatoms. The molecular weight excluding hydrogens is 244 g/mol. The fourth-order valence-electron chi connectivity index (χ4n) is 1.74. The number of hydrogen-bond acceptors (Lipinski definition) is 3. The maximum Gasteiger partial charge on any atom is 0.326 e. The van der Waals surface area contributed by atoms with Crippen LogP contribution in [0.25, 0.3) is 0 Å². The molecule has 0 fully saturated rings. The van der Waals surface area contributed by atoms with E-state index in [2.05, 4.69) is 10.6 Å². The number of amides is 1. The average Bonchev–Trinajstić information content (AvgIpc) is 2.39. The molecule has 104 valence electrons. The summed E-state index contributed by atoms with van der Waals surface area (Å²) in [4.78, 5) is 22.8. The Hall–Kier alpha value is -1.88. The Morgan fingerprint density at radius 2 is 1.95 bits per heavy atom. The van der Waals surface area contributed by atoms with Gasteiger partial charge in [0.05, 0.1) is 0 Å². The molecule has 1 aromatic rings. The highest BCUT2D eigenvalue weighted by molar-refractivity contribution is 5.83. The highest BCUT2D eigenvalue weighted by atomic mass is 16.4. The van der Waals surface area contributed by atoms with Gasteiger partial charge in [-0.15, -0.1) is 0 Å². The zero-order valence-electron chi connectivity index (χ0n) is 11.1. The topological polar surface area (TPSA) is 78.4 Å². The molecular formula is C14H20N2O3. The first-order valence-electron chi connectivity index (χ1n) is 6.34. The molecule has 0 bridgehead atoms. The van der Waals surface area contributed by atoms with Gasteiger partial charge in [-0.3, -0.25) is 4.79 Å². The standard InChI is InChI=1S/C14H20N2O3/c1-15-9-5-8-13(17)16-12(14(18)19)10-11-6-3-2-4-7-11/h2-4,6-7,12,15H,5,8-10H2,1H3,(H,16,17)(H,18,19). The summed E-state index contributed by atoms with van der Waals surface area (Å²) < 4.78 is 0. The molecule has 0 heterocycles. The van der Waals surface area contributed by atoms with E-state index in [4.69, 9.17) is 5.11 Å². The molecule has 1 rings (SSSR count). The lowest BCUT2D eigenvalue weighted by atomic mass is 10.1. The Balaban J connectivity index is 2.49. The van der Waals surface area contributed by atoms with Gasteiger partial charge in [0.2, 0.25) is 5.91 Å². The lowest BCUT2D eigenvalue weighted by molar-refractivity contribution is -0.141. The average molecular weight is 264 g/mol. The third-order valence-electron chi connectivity index (χ3n) is 2.75. The van der Waals surface area contributed by atoms with Crippen molar-refractivity contribution in [3.8, 4) is 0 Å². The first kappa shape index (κ1) is 15.2. The van der Waals surface area contributed by atoms with E-state index in [1.807, 2.05) is 37.4 Å². The zero-order chi connectivity index (χ0) is 14.1. The van der Waals surface area contributed by atoms with Crippen molar-refractivity contribution in [3.05, 3.63) is 35.9 Å². The number of rotatable bonds is 8. The number of carboxylic acid groups (broad SMARTS) is 1. The van der Waals surface area contributed by atoms with Crippen molar-refractivity contribution in [1.29, 1.82) is 0 Å². The normalized spacial score (nSPS) is 11.8. The van der Waals surface area contributed by atoms with E-state index in [1.54, 1.807) is 0 Å². The molecule has 3 N–H and O–H groups in total. The highest BCUT2D eigenvalue weighted by Crippen LogP contribution is 2.04. The van der Waals surface area contributed by atoms with Gasteiger partial charge in [0.15, 0.2) is 0 Å². The monoisotopic (exact) mass is 264 g/mol.